The Labute approximate surface area is 168 Å². The van der Waals surface area contributed by atoms with Gasteiger partial charge < -0.3 is 10.2 Å². The molecule has 5 heteroatoms. The number of nitrogens with one attached hydrogen (secondary N) is 1. The van der Waals surface area contributed by atoms with Crippen LogP contribution in [0.4, 0.5) is 5.69 Å². The van der Waals surface area contributed by atoms with Crippen LogP contribution in [0.1, 0.15) is 33.1 Å². The Morgan fingerprint density at radius 2 is 1.82 bits per heavy atom. The molecule has 4 nitrogen and oxygen atoms in total. The number of nitrogens with zero attached hydrogens (tertiary/aromatic N) is 1. The molecule has 1 atom stereocenters. The zero-order valence-corrected chi connectivity index (χ0v) is 16.1. The molecule has 0 bridgehead atoms. The predicted octanol–water partition coefficient (Wildman–Crippen LogP) is 4.83. The van der Waals surface area contributed by atoms with Gasteiger partial charge in [0.25, 0.3) is 5.91 Å². The van der Waals surface area contributed by atoms with E-state index in [-0.39, 0.29) is 24.4 Å². The van der Waals surface area contributed by atoms with Crippen LogP contribution >= 0.6 is 11.6 Å². The molecule has 1 aliphatic rings. The molecule has 0 saturated carbocycles. The van der Waals surface area contributed by atoms with Gasteiger partial charge in [-0.1, -0.05) is 65.7 Å². The maximum atomic E-state index is 13.4. The van der Waals surface area contributed by atoms with Gasteiger partial charge in [-0.15, -0.1) is 0 Å². The summed E-state index contributed by atoms with van der Waals surface area (Å²) in [7, 11) is 0. The molecule has 1 aliphatic heterocycles. The molecule has 0 saturated heterocycles. The van der Waals surface area contributed by atoms with Crippen molar-refractivity contribution in [3.05, 3.63) is 100 Å². The lowest BCUT2D eigenvalue weighted by Crippen LogP contribution is -2.39. The molecule has 4 rings (SSSR count). The van der Waals surface area contributed by atoms with Gasteiger partial charge in [0.1, 0.15) is 6.54 Å². The largest absolute Gasteiger partial charge is 0.324 e. The number of halogens is 1. The van der Waals surface area contributed by atoms with Gasteiger partial charge in [-0.2, -0.15) is 0 Å². The average Bonchev–Trinajstić information content (AvgIpc) is 2.83. The number of rotatable bonds is 2. The highest BCUT2D eigenvalue weighted by Crippen LogP contribution is 2.37. The molecule has 1 heterocycles. The van der Waals surface area contributed by atoms with Crippen LogP contribution in [0.15, 0.2) is 72.8 Å². The zero-order valence-electron chi connectivity index (χ0n) is 15.4. The van der Waals surface area contributed by atoms with Crippen LogP contribution in [0.3, 0.4) is 0 Å². The molecule has 3 aromatic carbocycles. The molecule has 140 valence electrons. The van der Waals surface area contributed by atoms with Crippen molar-refractivity contribution >= 4 is 29.1 Å². The van der Waals surface area contributed by atoms with Crippen LogP contribution in [0.25, 0.3) is 0 Å². The zero-order chi connectivity index (χ0) is 19.7. The van der Waals surface area contributed by atoms with E-state index in [1.807, 2.05) is 55.5 Å². The van der Waals surface area contributed by atoms with E-state index in [1.54, 1.807) is 29.2 Å². The van der Waals surface area contributed by atoms with E-state index in [0.29, 0.717) is 10.6 Å². The van der Waals surface area contributed by atoms with Crippen molar-refractivity contribution in [1.82, 2.24) is 4.90 Å². The molecular weight excluding hydrogens is 372 g/mol. The van der Waals surface area contributed by atoms with Crippen molar-refractivity contribution < 1.29 is 9.59 Å². The van der Waals surface area contributed by atoms with Gasteiger partial charge in [0.05, 0.1) is 6.04 Å². The van der Waals surface area contributed by atoms with E-state index in [1.165, 1.54) is 0 Å². The lowest BCUT2D eigenvalue weighted by molar-refractivity contribution is -0.117. The third-order valence-corrected chi connectivity index (χ3v) is 5.08. The van der Waals surface area contributed by atoms with Gasteiger partial charge in [-0.25, -0.2) is 0 Å². The Bertz CT molecular complexity index is 1050. The van der Waals surface area contributed by atoms with E-state index in [2.05, 4.69) is 5.32 Å². The van der Waals surface area contributed by atoms with E-state index < -0.39 is 0 Å². The summed E-state index contributed by atoms with van der Waals surface area (Å²) in [6.07, 6.45) is 0. The first-order valence-corrected chi connectivity index (χ1v) is 9.42. The lowest BCUT2D eigenvalue weighted by atomic mass is 9.94. The van der Waals surface area contributed by atoms with Crippen molar-refractivity contribution in [3.8, 4) is 0 Å². The van der Waals surface area contributed by atoms with Crippen molar-refractivity contribution in [2.45, 2.75) is 13.0 Å². The average molecular weight is 391 g/mol. The Kier molecular flexibility index (Phi) is 4.88. The molecule has 0 radical (unpaired) electrons. The highest BCUT2D eigenvalue weighted by atomic mass is 35.5. The summed E-state index contributed by atoms with van der Waals surface area (Å²) < 4.78 is 0. The van der Waals surface area contributed by atoms with Crippen molar-refractivity contribution in [3.63, 3.8) is 0 Å². The molecular formula is C23H19ClN2O2. The van der Waals surface area contributed by atoms with Crippen LogP contribution in [0.5, 0.6) is 0 Å². The van der Waals surface area contributed by atoms with Crippen molar-refractivity contribution in [2.24, 2.45) is 0 Å². The fraction of sp³-hybridized carbons (Fsp3) is 0.130. The van der Waals surface area contributed by atoms with Gasteiger partial charge >= 0.3 is 0 Å². The second-order valence-electron chi connectivity index (χ2n) is 6.90. The molecule has 0 aromatic heterocycles. The summed E-state index contributed by atoms with van der Waals surface area (Å²) >= 11 is 6.09. The minimum absolute atomic E-state index is 0.0430. The predicted molar refractivity (Wildman–Crippen MR) is 111 cm³/mol. The van der Waals surface area contributed by atoms with Gasteiger partial charge in [-0.05, 0) is 36.8 Å². The number of carbonyl (C=O) groups excluding carboxylic acids is 2. The Morgan fingerprint density at radius 3 is 2.57 bits per heavy atom. The van der Waals surface area contributed by atoms with Gasteiger partial charge in [0.2, 0.25) is 5.91 Å². The normalized spacial score (nSPS) is 16.1. The molecule has 0 aliphatic carbocycles. The summed E-state index contributed by atoms with van der Waals surface area (Å²) in [5.74, 6) is -0.459. The smallest absolute Gasteiger partial charge is 0.255 e. The topological polar surface area (TPSA) is 49.4 Å². The second-order valence-corrected chi connectivity index (χ2v) is 7.33. The van der Waals surface area contributed by atoms with Gasteiger partial charge in [0, 0.05) is 21.8 Å². The van der Waals surface area contributed by atoms with Crippen LogP contribution in [0.2, 0.25) is 5.02 Å². The maximum absolute atomic E-state index is 13.4. The number of hydrogen-bond acceptors (Lipinski definition) is 2. The number of hydrogen-bond donors (Lipinski definition) is 1. The third-order valence-electron chi connectivity index (χ3n) is 4.85. The highest BCUT2D eigenvalue weighted by molar-refractivity contribution is 6.31. The van der Waals surface area contributed by atoms with Crippen LogP contribution in [0, 0.1) is 6.92 Å². The molecule has 3 aromatic rings. The van der Waals surface area contributed by atoms with Crippen LogP contribution < -0.4 is 5.32 Å². The van der Waals surface area contributed by atoms with Crippen molar-refractivity contribution in [1.29, 1.82) is 0 Å². The van der Waals surface area contributed by atoms with E-state index in [9.17, 15) is 9.59 Å². The number of amides is 2. The standard InChI is InChI=1S/C23H19ClN2O2/c1-15-10-11-20-19(12-15)22(16-6-3-2-4-7-16)26(14-21(27)25-20)23(28)17-8-5-9-18(24)13-17/h2-13,22H,14H2,1H3,(H,25,27). The summed E-state index contributed by atoms with van der Waals surface area (Å²) in [6.45, 7) is 1.96. The third kappa shape index (κ3) is 3.51. The summed E-state index contributed by atoms with van der Waals surface area (Å²) in [5, 5.41) is 3.42. The first kappa shape index (κ1) is 18.3. The first-order valence-electron chi connectivity index (χ1n) is 9.05. The second kappa shape index (κ2) is 7.49. The Morgan fingerprint density at radius 1 is 1.04 bits per heavy atom. The van der Waals surface area contributed by atoms with Crippen molar-refractivity contribution in [2.75, 3.05) is 11.9 Å². The molecule has 1 N–H and O–H groups in total. The van der Waals surface area contributed by atoms with Crippen LogP contribution in [-0.2, 0) is 4.79 Å². The summed E-state index contributed by atoms with van der Waals surface area (Å²) in [4.78, 5) is 27.6. The SMILES string of the molecule is Cc1ccc2c(c1)C(c1ccccc1)N(C(=O)c1cccc(Cl)c1)CC(=O)N2. The minimum Gasteiger partial charge on any atom is -0.324 e. The van der Waals surface area contributed by atoms with E-state index in [0.717, 1.165) is 22.4 Å². The Balaban J connectivity index is 1.89. The monoisotopic (exact) mass is 390 g/mol. The number of fused-ring (bicyclic) bond motifs is 1. The fourth-order valence-electron chi connectivity index (χ4n) is 3.60. The number of carbonyl (C=O) groups is 2. The fourth-order valence-corrected chi connectivity index (χ4v) is 3.79. The van der Waals surface area contributed by atoms with E-state index >= 15 is 0 Å². The first-order chi connectivity index (χ1) is 13.5. The van der Waals surface area contributed by atoms with Gasteiger partial charge in [-0.3, -0.25) is 9.59 Å². The Hall–Kier alpha value is -3.11. The van der Waals surface area contributed by atoms with Crippen LogP contribution in [-0.4, -0.2) is 23.3 Å². The number of benzene rings is 3. The maximum Gasteiger partial charge on any atom is 0.255 e. The molecule has 28 heavy (non-hydrogen) atoms. The lowest BCUT2D eigenvalue weighted by Gasteiger charge is -2.31. The molecule has 0 fully saturated rings. The number of aryl methyl sites for hydroxylation is 1. The molecule has 1 unspecified atom stereocenters. The minimum atomic E-state index is -0.387. The summed E-state index contributed by atoms with van der Waals surface area (Å²) in [6, 6.07) is 22.1. The molecule has 2 amide bonds. The number of anilines is 1. The van der Waals surface area contributed by atoms with Gasteiger partial charge in [0.15, 0.2) is 0 Å². The highest BCUT2D eigenvalue weighted by Gasteiger charge is 2.34. The summed E-state index contributed by atoms with van der Waals surface area (Å²) in [5.41, 5.74) is 4.09. The quantitative estimate of drug-likeness (QED) is 0.681. The molecule has 0 spiro atoms. The van der Waals surface area contributed by atoms with E-state index in [4.69, 9.17) is 11.6 Å².